The quantitative estimate of drug-likeness (QED) is 0.0154. The molecular formula is C44H75O11P. The van der Waals surface area contributed by atoms with Crippen molar-refractivity contribution in [2.45, 2.75) is 167 Å². The van der Waals surface area contributed by atoms with E-state index in [0.29, 0.717) is 25.7 Å². The zero-order chi connectivity index (χ0) is 41.4. The maximum atomic E-state index is 12.6. The molecule has 12 heteroatoms. The van der Waals surface area contributed by atoms with E-state index in [1.165, 1.54) is 38.5 Å². The Bertz CT molecular complexity index is 1180. The molecule has 0 aliphatic rings. The van der Waals surface area contributed by atoms with Crippen LogP contribution in [0.5, 0.6) is 0 Å². The van der Waals surface area contributed by atoms with Gasteiger partial charge < -0.3 is 29.7 Å². The van der Waals surface area contributed by atoms with Crippen molar-refractivity contribution in [1.82, 2.24) is 0 Å². The lowest BCUT2D eigenvalue weighted by Crippen LogP contribution is -2.29. The first kappa shape index (κ1) is 53.4. The molecule has 0 spiro atoms. The van der Waals surface area contributed by atoms with E-state index in [1.54, 1.807) is 6.08 Å². The van der Waals surface area contributed by atoms with Gasteiger partial charge in [0.1, 0.15) is 12.7 Å². The van der Waals surface area contributed by atoms with E-state index in [9.17, 15) is 29.3 Å². The van der Waals surface area contributed by atoms with Crippen molar-refractivity contribution >= 4 is 19.8 Å². The largest absolute Gasteiger partial charge is 0.472 e. The minimum absolute atomic E-state index is 0.100. The van der Waals surface area contributed by atoms with E-state index < -0.39 is 57.9 Å². The van der Waals surface area contributed by atoms with Gasteiger partial charge in [0.05, 0.1) is 25.9 Å². The van der Waals surface area contributed by atoms with Crippen molar-refractivity contribution < 1.29 is 52.9 Å². The van der Waals surface area contributed by atoms with Crippen LogP contribution in [0.25, 0.3) is 0 Å². The molecule has 322 valence electrons. The fourth-order valence-corrected chi connectivity index (χ4v) is 5.98. The second kappa shape index (κ2) is 39.2. The highest BCUT2D eigenvalue weighted by molar-refractivity contribution is 7.47. The van der Waals surface area contributed by atoms with Gasteiger partial charge in [0.2, 0.25) is 0 Å². The van der Waals surface area contributed by atoms with Gasteiger partial charge in [0.15, 0.2) is 6.10 Å². The summed E-state index contributed by atoms with van der Waals surface area (Å²) in [6.45, 7) is 2.05. The first-order chi connectivity index (χ1) is 27.1. The summed E-state index contributed by atoms with van der Waals surface area (Å²) in [5.74, 6) is -1.07. The molecule has 0 aromatic carbocycles. The molecule has 0 fully saturated rings. The number of esters is 2. The molecule has 0 aliphatic carbocycles. The highest BCUT2D eigenvalue weighted by Gasteiger charge is 2.27. The van der Waals surface area contributed by atoms with E-state index in [-0.39, 0.29) is 19.4 Å². The van der Waals surface area contributed by atoms with Gasteiger partial charge >= 0.3 is 19.8 Å². The number of aliphatic hydroxyl groups excluding tert-OH is 3. The standard InChI is InChI=1S/C44H75O11P/c1-3-5-7-9-11-12-13-14-15-16-17-18-19-20-22-26-30-34-43(48)52-38-42(39-54-56(50,51)53-37-41(47)36-45)55-44(49)35-31-27-23-25-29-33-40(46)32-28-24-21-10-8-6-4-2/h6,8,14-15,17-18,20-22,24,28,32,40-42,45-47H,3-5,7,9-13,16,19,23,25-27,29-31,33-39H2,1-2H3,(H,50,51)/b8-6+,15-14-,18-17-,22-20-,24-21+,32-28+/t40?,41-,42+/m0/s1. The van der Waals surface area contributed by atoms with E-state index >= 15 is 0 Å². The van der Waals surface area contributed by atoms with E-state index in [4.69, 9.17) is 19.1 Å². The molecule has 11 nitrogen and oxygen atoms in total. The van der Waals surface area contributed by atoms with Crippen LogP contribution in [0.1, 0.15) is 149 Å². The van der Waals surface area contributed by atoms with Gasteiger partial charge in [-0.3, -0.25) is 18.6 Å². The average Bonchev–Trinajstić information content (AvgIpc) is 3.18. The molecule has 0 heterocycles. The van der Waals surface area contributed by atoms with Crippen molar-refractivity contribution in [2.75, 3.05) is 26.4 Å². The molecule has 0 aromatic rings. The average molecular weight is 811 g/mol. The molecule has 0 aliphatic heterocycles. The van der Waals surface area contributed by atoms with E-state index in [0.717, 1.165) is 57.8 Å². The molecule has 4 atom stereocenters. The number of carbonyl (C=O) groups is 2. The second-order valence-electron chi connectivity index (χ2n) is 13.8. The van der Waals surface area contributed by atoms with Gasteiger partial charge in [-0.25, -0.2) is 4.57 Å². The summed E-state index contributed by atoms with van der Waals surface area (Å²) in [5.41, 5.74) is 0. The summed E-state index contributed by atoms with van der Waals surface area (Å²) in [6.07, 6.45) is 40.4. The minimum atomic E-state index is -4.66. The van der Waals surface area contributed by atoms with Crippen LogP contribution in [0.4, 0.5) is 0 Å². The number of rotatable bonds is 38. The number of ether oxygens (including phenoxy) is 2. The topological polar surface area (TPSA) is 169 Å². The third-order valence-corrected chi connectivity index (χ3v) is 9.40. The maximum Gasteiger partial charge on any atom is 0.472 e. The van der Waals surface area contributed by atoms with Gasteiger partial charge in [-0.05, 0) is 64.2 Å². The number of phosphoric ester groups is 1. The molecule has 2 unspecified atom stereocenters. The van der Waals surface area contributed by atoms with Crippen molar-refractivity contribution in [1.29, 1.82) is 0 Å². The summed E-state index contributed by atoms with van der Waals surface area (Å²) in [4.78, 5) is 34.9. The molecule has 0 amide bonds. The molecular weight excluding hydrogens is 735 g/mol. The van der Waals surface area contributed by atoms with Crippen LogP contribution in [0.15, 0.2) is 72.9 Å². The van der Waals surface area contributed by atoms with Gasteiger partial charge in [0, 0.05) is 12.8 Å². The lowest BCUT2D eigenvalue weighted by Gasteiger charge is -2.20. The number of hydrogen-bond acceptors (Lipinski definition) is 10. The summed E-state index contributed by atoms with van der Waals surface area (Å²) in [5, 5.41) is 28.4. The fourth-order valence-electron chi connectivity index (χ4n) is 5.19. The first-order valence-corrected chi connectivity index (χ1v) is 22.5. The number of aliphatic hydroxyl groups is 3. The SMILES string of the molecule is CC/C=C/C/C=C/C=C/C(O)CCCCCCCC(=O)O[C@H](COC(=O)CCC/C=C\C/C=C\C/C=C\CCCCCCCC)COP(=O)(O)OC[C@@H](O)CO. The maximum absolute atomic E-state index is 12.6. The van der Waals surface area contributed by atoms with Crippen LogP contribution in [-0.4, -0.2) is 76.9 Å². The van der Waals surface area contributed by atoms with Gasteiger partial charge in [-0.15, -0.1) is 0 Å². The molecule has 0 bridgehead atoms. The van der Waals surface area contributed by atoms with Crippen LogP contribution in [0, 0.1) is 0 Å². The zero-order valence-corrected chi connectivity index (χ0v) is 35.3. The van der Waals surface area contributed by atoms with Crippen molar-refractivity contribution in [3.8, 4) is 0 Å². The Labute approximate surface area is 338 Å². The molecule has 0 radical (unpaired) electrons. The molecule has 0 aromatic heterocycles. The van der Waals surface area contributed by atoms with Crippen LogP contribution in [0.3, 0.4) is 0 Å². The zero-order valence-electron chi connectivity index (χ0n) is 34.4. The van der Waals surface area contributed by atoms with Crippen LogP contribution in [-0.2, 0) is 32.7 Å². The summed E-state index contributed by atoms with van der Waals surface area (Å²) in [6, 6.07) is 0. The van der Waals surface area contributed by atoms with Gasteiger partial charge in [0.25, 0.3) is 0 Å². The monoisotopic (exact) mass is 811 g/mol. The lowest BCUT2D eigenvalue weighted by molar-refractivity contribution is -0.161. The number of unbranched alkanes of at least 4 members (excludes halogenated alkanes) is 11. The van der Waals surface area contributed by atoms with E-state index in [1.807, 2.05) is 24.3 Å². The van der Waals surface area contributed by atoms with Gasteiger partial charge in [-0.1, -0.05) is 145 Å². The summed E-state index contributed by atoms with van der Waals surface area (Å²) < 4.78 is 32.6. The molecule has 0 saturated heterocycles. The highest BCUT2D eigenvalue weighted by atomic mass is 31.2. The molecule has 4 N–H and O–H groups in total. The number of hydrogen-bond donors (Lipinski definition) is 4. The predicted octanol–water partition coefficient (Wildman–Crippen LogP) is 9.86. The molecule has 0 rings (SSSR count). The molecule has 0 saturated carbocycles. The Morgan fingerprint density at radius 1 is 0.625 bits per heavy atom. The second-order valence-corrected chi connectivity index (χ2v) is 15.3. The number of allylic oxidation sites excluding steroid dienone is 11. The summed E-state index contributed by atoms with van der Waals surface area (Å²) >= 11 is 0. The van der Waals surface area contributed by atoms with Crippen molar-refractivity contribution in [3.63, 3.8) is 0 Å². The Hall–Kier alpha value is -2.63. The van der Waals surface area contributed by atoms with Crippen LogP contribution < -0.4 is 0 Å². The summed E-state index contributed by atoms with van der Waals surface area (Å²) in [7, 11) is -4.66. The Morgan fingerprint density at radius 2 is 1.20 bits per heavy atom. The van der Waals surface area contributed by atoms with E-state index in [2.05, 4.69) is 60.9 Å². The minimum Gasteiger partial charge on any atom is -0.462 e. The van der Waals surface area contributed by atoms with Gasteiger partial charge in [-0.2, -0.15) is 0 Å². The Balaban J connectivity index is 4.50. The van der Waals surface area contributed by atoms with Crippen LogP contribution in [0.2, 0.25) is 0 Å². The highest BCUT2D eigenvalue weighted by Crippen LogP contribution is 2.43. The van der Waals surface area contributed by atoms with Crippen molar-refractivity contribution in [3.05, 3.63) is 72.9 Å². The Morgan fingerprint density at radius 3 is 1.89 bits per heavy atom. The first-order valence-electron chi connectivity index (χ1n) is 21.0. The molecule has 56 heavy (non-hydrogen) atoms. The smallest absolute Gasteiger partial charge is 0.462 e. The van der Waals surface area contributed by atoms with Crippen molar-refractivity contribution in [2.24, 2.45) is 0 Å². The normalized spacial score (nSPS) is 15.2. The van der Waals surface area contributed by atoms with Crippen LogP contribution >= 0.6 is 7.82 Å². The number of carbonyl (C=O) groups excluding carboxylic acids is 2. The third-order valence-electron chi connectivity index (χ3n) is 8.45. The lowest BCUT2D eigenvalue weighted by atomic mass is 10.1. The third kappa shape index (κ3) is 38.3. The predicted molar refractivity (Wildman–Crippen MR) is 225 cm³/mol. The Kier molecular flexibility index (Phi) is 37.4. The fraction of sp³-hybridized carbons (Fsp3) is 0.682. The number of phosphoric acid groups is 1.